The molecule has 0 spiro atoms. The van der Waals surface area contributed by atoms with E-state index < -0.39 is 0 Å². The van der Waals surface area contributed by atoms with Gasteiger partial charge in [-0.15, -0.1) is 0 Å². The number of hydrogen-bond acceptors (Lipinski definition) is 3. The SMILES string of the molecule is O=C(CSc1ncc2ccccn12)Nc1cc(Cl)ccc1Cl. The Kier molecular flexibility index (Phi) is 4.57. The fraction of sp³-hybridized carbons (Fsp3) is 0.0667. The van der Waals surface area contributed by atoms with Crippen molar-refractivity contribution in [2.24, 2.45) is 0 Å². The highest BCUT2D eigenvalue weighted by Crippen LogP contribution is 2.26. The maximum atomic E-state index is 12.0. The minimum atomic E-state index is -0.165. The van der Waals surface area contributed by atoms with Crippen LogP contribution in [0.3, 0.4) is 0 Å². The Bertz CT molecular complexity index is 835. The van der Waals surface area contributed by atoms with Crippen LogP contribution in [0.15, 0.2) is 53.9 Å². The molecule has 112 valence electrons. The van der Waals surface area contributed by atoms with Crippen molar-refractivity contribution in [1.29, 1.82) is 0 Å². The highest BCUT2D eigenvalue weighted by molar-refractivity contribution is 7.99. The summed E-state index contributed by atoms with van der Waals surface area (Å²) < 4.78 is 1.93. The Morgan fingerprint density at radius 3 is 3.00 bits per heavy atom. The lowest BCUT2D eigenvalue weighted by Crippen LogP contribution is -2.14. The number of aromatic nitrogens is 2. The Morgan fingerprint density at radius 1 is 1.27 bits per heavy atom. The summed E-state index contributed by atoms with van der Waals surface area (Å²) in [5.74, 6) is 0.0680. The molecule has 0 unspecified atom stereocenters. The number of carbonyl (C=O) groups is 1. The lowest BCUT2D eigenvalue weighted by Gasteiger charge is -2.07. The molecule has 3 rings (SSSR count). The zero-order chi connectivity index (χ0) is 15.5. The second-order valence-electron chi connectivity index (χ2n) is 4.50. The van der Waals surface area contributed by atoms with Crippen molar-refractivity contribution in [3.05, 3.63) is 58.8 Å². The van der Waals surface area contributed by atoms with Gasteiger partial charge in [-0.3, -0.25) is 9.20 Å². The number of carbonyl (C=O) groups excluding carboxylic acids is 1. The van der Waals surface area contributed by atoms with E-state index in [0.717, 1.165) is 10.7 Å². The Balaban J connectivity index is 1.66. The van der Waals surface area contributed by atoms with Gasteiger partial charge in [-0.05, 0) is 30.3 Å². The number of hydrogen-bond donors (Lipinski definition) is 1. The van der Waals surface area contributed by atoms with Crippen molar-refractivity contribution in [3.63, 3.8) is 0 Å². The number of benzene rings is 1. The van der Waals surface area contributed by atoms with Crippen LogP contribution >= 0.6 is 35.0 Å². The summed E-state index contributed by atoms with van der Waals surface area (Å²) >= 11 is 13.3. The van der Waals surface area contributed by atoms with E-state index >= 15 is 0 Å². The number of imidazole rings is 1. The van der Waals surface area contributed by atoms with Crippen LogP contribution in [0.4, 0.5) is 5.69 Å². The maximum Gasteiger partial charge on any atom is 0.234 e. The lowest BCUT2D eigenvalue weighted by molar-refractivity contribution is -0.113. The standard InChI is InChI=1S/C15H11Cl2N3OS/c16-10-4-5-12(17)13(7-10)19-14(21)9-22-15-18-8-11-3-1-2-6-20(11)15/h1-8H,9H2,(H,19,21). The molecule has 0 bridgehead atoms. The molecule has 0 fully saturated rings. The summed E-state index contributed by atoms with van der Waals surface area (Å²) in [5, 5.41) is 4.49. The van der Waals surface area contributed by atoms with Crippen LogP contribution in [-0.2, 0) is 4.79 Å². The number of halogens is 2. The Labute approximate surface area is 141 Å². The van der Waals surface area contributed by atoms with Gasteiger partial charge in [0.25, 0.3) is 0 Å². The normalized spacial score (nSPS) is 10.8. The van der Waals surface area contributed by atoms with Crippen LogP contribution in [0.25, 0.3) is 5.52 Å². The van der Waals surface area contributed by atoms with Gasteiger partial charge in [-0.25, -0.2) is 4.98 Å². The number of anilines is 1. The summed E-state index contributed by atoms with van der Waals surface area (Å²) in [6, 6.07) is 10.8. The summed E-state index contributed by atoms with van der Waals surface area (Å²) in [4.78, 5) is 16.3. The van der Waals surface area contributed by atoms with E-state index in [1.165, 1.54) is 11.8 Å². The van der Waals surface area contributed by atoms with Crippen molar-refractivity contribution in [3.8, 4) is 0 Å². The quantitative estimate of drug-likeness (QED) is 0.709. The third-order valence-electron chi connectivity index (χ3n) is 2.94. The molecule has 7 heteroatoms. The number of rotatable bonds is 4. The predicted octanol–water partition coefficient (Wildman–Crippen LogP) is 4.37. The minimum Gasteiger partial charge on any atom is -0.324 e. The zero-order valence-electron chi connectivity index (χ0n) is 11.3. The molecule has 1 amide bonds. The molecule has 0 aliphatic carbocycles. The molecule has 4 nitrogen and oxygen atoms in total. The van der Waals surface area contributed by atoms with Gasteiger partial charge in [0.2, 0.25) is 5.91 Å². The molecule has 0 saturated heterocycles. The molecule has 0 saturated carbocycles. The number of amides is 1. The van der Waals surface area contributed by atoms with E-state index in [-0.39, 0.29) is 11.7 Å². The fourth-order valence-electron chi connectivity index (χ4n) is 1.94. The van der Waals surface area contributed by atoms with Crippen molar-refractivity contribution in [2.45, 2.75) is 5.16 Å². The van der Waals surface area contributed by atoms with Crippen molar-refractivity contribution in [1.82, 2.24) is 9.38 Å². The largest absolute Gasteiger partial charge is 0.324 e. The van der Waals surface area contributed by atoms with Crippen LogP contribution in [0.2, 0.25) is 10.0 Å². The van der Waals surface area contributed by atoms with E-state index in [9.17, 15) is 4.79 Å². The van der Waals surface area contributed by atoms with E-state index in [0.29, 0.717) is 15.7 Å². The third-order valence-corrected chi connectivity index (χ3v) is 4.47. The molecule has 22 heavy (non-hydrogen) atoms. The van der Waals surface area contributed by atoms with Crippen LogP contribution in [0.5, 0.6) is 0 Å². The van der Waals surface area contributed by atoms with Gasteiger partial charge in [0.15, 0.2) is 5.16 Å². The summed E-state index contributed by atoms with van der Waals surface area (Å²) in [6.07, 6.45) is 3.69. The molecule has 1 N–H and O–H groups in total. The molecular weight excluding hydrogens is 341 g/mol. The van der Waals surface area contributed by atoms with Gasteiger partial charge in [0.05, 0.1) is 28.2 Å². The van der Waals surface area contributed by atoms with E-state index in [4.69, 9.17) is 23.2 Å². The van der Waals surface area contributed by atoms with Crippen molar-refractivity contribution in [2.75, 3.05) is 11.1 Å². The molecule has 2 aromatic heterocycles. The molecule has 1 aromatic carbocycles. The number of nitrogens with zero attached hydrogens (tertiary/aromatic N) is 2. The minimum absolute atomic E-state index is 0.165. The van der Waals surface area contributed by atoms with Crippen LogP contribution < -0.4 is 5.32 Å². The number of fused-ring (bicyclic) bond motifs is 1. The lowest BCUT2D eigenvalue weighted by atomic mass is 10.3. The average molecular weight is 352 g/mol. The second kappa shape index (κ2) is 6.60. The van der Waals surface area contributed by atoms with Crippen molar-refractivity contribution < 1.29 is 4.79 Å². The molecule has 0 radical (unpaired) electrons. The Morgan fingerprint density at radius 2 is 2.14 bits per heavy atom. The van der Waals surface area contributed by atoms with Crippen molar-refractivity contribution >= 4 is 52.1 Å². The molecule has 2 heterocycles. The topological polar surface area (TPSA) is 46.4 Å². The van der Waals surface area contributed by atoms with Gasteiger partial charge in [-0.2, -0.15) is 0 Å². The van der Waals surface area contributed by atoms with Gasteiger partial charge < -0.3 is 5.32 Å². The average Bonchev–Trinajstić information content (AvgIpc) is 2.92. The van der Waals surface area contributed by atoms with Gasteiger partial charge >= 0.3 is 0 Å². The molecular formula is C15H11Cl2N3OS. The first-order chi connectivity index (χ1) is 10.6. The highest BCUT2D eigenvalue weighted by atomic mass is 35.5. The molecule has 3 aromatic rings. The molecule has 0 aliphatic rings. The zero-order valence-corrected chi connectivity index (χ0v) is 13.6. The Hall–Kier alpha value is -1.69. The van der Waals surface area contributed by atoms with Gasteiger partial charge in [0, 0.05) is 11.2 Å². The summed E-state index contributed by atoms with van der Waals surface area (Å²) in [6.45, 7) is 0. The second-order valence-corrected chi connectivity index (χ2v) is 6.28. The molecule has 0 aliphatic heterocycles. The summed E-state index contributed by atoms with van der Waals surface area (Å²) in [7, 11) is 0. The third kappa shape index (κ3) is 3.38. The summed E-state index contributed by atoms with van der Waals surface area (Å²) in [5.41, 5.74) is 1.50. The van der Waals surface area contributed by atoms with Gasteiger partial charge in [-0.1, -0.05) is 41.0 Å². The smallest absolute Gasteiger partial charge is 0.234 e. The van der Waals surface area contributed by atoms with Crippen LogP contribution in [-0.4, -0.2) is 21.0 Å². The molecule has 0 atom stereocenters. The van der Waals surface area contributed by atoms with E-state index in [1.54, 1.807) is 24.4 Å². The highest BCUT2D eigenvalue weighted by Gasteiger charge is 2.10. The van der Waals surface area contributed by atoms with E-state index in [2.05, 4.69) is 10.3 Å². The number of thioether (sulfide) groups is 1. The fourth-order valence-corrected chi connectivity index (χ4v) is 3.04. The predicted molar refractivity (Wildman–Crippen MR) is 91.0 cm³/mol. The first-order valence-corrected chi connectivity index (χ1v) is 8.17. The van der Waals surface area contributed by atoms with Crippen LogP contribution in [0.1, 0.15) is 0 Å². The maximum absolute atomic E-state index is 12.0. The first-order valence-electron chi connectivity index (χ1n) is 6.43. The van der Waals surface area contributed by atoms with Gasteiger partial charge in [0.1, 0.15) is 0 Å². The van der Waals surface area contributed by atoms with Crippen LogP contribution in [0, 0.1) is 0 Å². The number of pyridine rings is 1. The number of nitrogens with one attached hydrogen (secondary N) is 1. The van der Waals surface area contributed by atoms with E-state index in [1.807, 2.05) is 28.8 Å². The monoisotopic (exact) mass is 351 g/mol. The first kappa shape index (κ1) is 15.2.